The van der Waals surface area contributed by atoms with Crippen molar-refractivity contribution >= 4 is 16.1 Å². The Bertz CT molecular complexity index is 701. The molecule has 0 aliphatic carbocycles. The zero-order valence-corrected chi connectivity index (χ0v) is 14.3. The second-order valence-electron chi connectivity index (χ2n) is 6.33. The molecule has 8 nitrogen and oxygen atoms in total. The number of likely N-dealkylation sites (N-methyl/N-ethyl adjacent to an activating group) is 1. The first-order valence-corrected chi connectivity index (χ1v) is 9.28. The van der Waals surface area contributed by atoms with Crippen LogP contribution in [0.15, 0.2) is 29.4 Å². The minimum Gasteiger partial charge on any atom is -0.465 e. The molecule has 1 aromatic heterocycles. The summed E-state index contributed by atoms with van der Waals surface area (Å²) in [5.74, 6) is 0. The number of carbonyl (C=O) groups is 1. The van der Waals surface area contributed by atoms with Crippen LogP contribution >= 0.6 is 0 Å². The maximum absolute atomic E-state index is 12.7. The van der Waals surface area contributed by atoms with E-state index in [2.05, 4.69) is 4.98 Å². The molecule has 1 spiro atoms. The fourth-order valence-electron chi connectivity index (χ4n) is 3.37. The highest BCUT2D eigenvalue weighted by molar-refractivity contribution is 7.89. The number of hydrogen-bond donors (Lipinski definition) is 1. The van der Waals surface area contributed by atoms with Gasteiger partial charge in [-0.25, -0.2) is 13.2 Å². The summed E-state index contributed by atoms with van der Waals surface area (Å²) in [7, 11) is -2.06. The minimum atomic E-state index is -3.62. The number of ether oxygens (including phenoxy) is 1. The van der Waals surface area contributed by atoms with Crippen LogP contribution in [-0.4, -0.2) is 72.2 Å². The van der Waals surface area contributed by atoms with Crippen LogP contribution in [0.4, 0.5) is 4.79 Å². The quantitative estimate of drug-likeness (QED) is 0.868. The molecule has 2 saturated heterocycles. The highest BCUT2D eigenvalue weighted by Crippen LogP contribution is 2.38. The Labute approximate surface area is 141 Å². The van der Waals surface area contributed by atoms with E-state index in [1.54, 1.807) is 13.1 Å². The van der Waals surface area contributed by atoms with Crippen molar-refractivity contribution in [3.63, 3.8) is 0 Å². The number of pyridine rings is 1. The molecular weight excluding hydrogens is 334 g/mol. The van der Waals surface area contributed by atoms with E-state index in [0.29, 0.717) is 39.0 Å². The molecule has 1 amide bonds. The first kappa shape index (κ1) is 17.1. The van der Waals surface area contributed by atoms with E-state index in [0.717, 1.165) is 0 Å². The predicted molar refractivity (Wildman–Crippen MR) is 85.1 cm³/mol. The van der Waals surface area contributed by atoms with E-state index < -0.39 is 21.7 Å². The van der Waals surface area contributed by atoms with Crippen LogP contribution in [0, 0.1) is 0 Å². The number of carboxylic acid groups (broad SMARTS) is 1. The Kier molecular flexibility index (Phi) is 4.50. The van der Waals surface area contributed by atoms with Gasteiger partial charge >= 0.3 is 6.09 Å². The third-order valence-electron chi connectivity index (χ3n) is 4.96. The first-order valence-electron chi connectivity index (χ1n) is 7.84. The smallest absolute Gasteiger partial charge is 0.407 e. The number of piperidine rings is 1. The lowest BCUT2D eigenvalue weighted by molar-refractivity contribution is -0.0396. The summed E-state index contributed by atoms with van der Waals surface area (Å²) < 4.78 is 32.6. The number of hydrogen-bond acceptors (Lipinski definition) is 5. The van der Waals surface area contributed by atoms with Crippen molar-refractivity contribution in [3.05, 3.63) is 24.5 Å². The van der Waals surface area contributed by atoms with E-state index in [1.807, 2.05) is 0 Å². The molecule has 3 rings (SSSR count). The van der Waals surface area contributed by atoms with Crippen molar-refractivity contribution < 1.29 is 23.1 Å². The molecular formula is C15H21N3O5S. The Hall–Kier alpha value is -1.71. The third kappa shape index (κ3) is 3.11. The van der Waals surface area contributed by atoms with Gasteiger partial charge in [-0.1, -0.05) is 0 Å². The first-order chi connectivity index (χ1) is 11.3. The molecule has 0 saturated carbocycles. The van der Waals surface area contributed by atoms with Crippen molar-refractivity contribution in [1.82, 2.24) is 14.2 Å². The number of sulfonamides is 1. The average molecular weight is 355 g/mol. The van der Waals surface area contributed by atoms with Gasteiger partial charge < -0.3 is 14.7 Å². The normalized spacial score (nSPS) is 23.8. The molecule has 0 bridgehead atoms. The van der Waals surface area contributed by atoms with Crippen LogP contribution in [0.2, 0.25) is 0 Å². The van der Waals surface area contributed by atoms with Gasteiger partial charge in [0.05, 0.1) is 18.2 Å². The van der Waals surface area contributed by atoms with Crippen molar-refractivity contribution in [2.24, 2.45) is 0 Å². The van der Waals surface area contributed by atoms with Gasteiger partial charge in [0, 0.05) is 32.5 Å². The van der Waals surface area contributed by atoms with Gasteiger partial charge in [0.1, 0.15) is 4.90 Å². The highest BCUT2D eigenvalue weighted by Gasteiger charge is 2.46. The van der Waals surface area contributed by atoms with Gasteiger partial charge in [-0.3, -0.25) is 4.98 Å². The Balaban J connectivity index is 1.69. The Morgan fingerprint density at radius 3 is 2.75 bits per heavy atom. The lowest BCUT2D eigenvalue weighted by atomic mass is 9.87. The van der Waals surface area contributed by atoms with E-state index in [-0.39, 0.29) is 10.9 Å². The molecule has 0 aromatic carbocycles. The summed E-state index contributed by atoms with van der Waals surface area (Å²) in [6.07, 6.45) is 3.71. The average Bonchev–Trinajstić information content (AvgIpc) is 2.99. The largest absolute Gasteiger partial charge is 0.465 e. The van der Waals surface area contributed by atoms with Crippen LogP contribution in [-0.2, 0) is 14.8 Å². The number of nitrogens with zero attached hydrogens (tertiary/aromatic N) is 3. The zero-order valence-electron chi connectivity index (χ0n) is 13.5. The summed E-state index contributed by atoms with van der Waals surface area (Å²) in [5, 5.41) is 9.03. The zero-order chi connectivity index (χ0) is 17.4. The maximum atomic E-state index is 12.7. The van der Waals surface area contributed by atoms with E-state index in [4.69, 9.17) is 9.84 Å². The minimum absolute atomic E-state index is 0.161. The fraction of sp³-hybridized carbons (Fsp3) is 0.600. The molecule has 9 heteroatoms. The number of likely N-dealkylation sites (tertiary alicyclic amines) is 1. The van der Waals surface area contributed by atoms with Crippen molar-refractivity contribution in [3.8, 4) is 0 Å². The summed E-state index contributed by atoms with van der Waals surface area (Å²) in [6, 6.07) is 2.86. The van der Waals surface area contributed by atoms with E-state index >= 15 is 0 Å². The highest BCUT2D eigenvalue weighted by atomic mass is 32.2. The molecule has 1 unspecified atom stereocenters. The van der Waals surface area contributed by atoms with Gasteiger partial charge in [0.25, 0.3) is 0 Å². The molecule has 24 heavy (non-hydrogen) atoms. The fourth-order valence-corrected chi connectivity index (χ4v) is 4.67. The molecule has 3 heterocycles. The second kappa shape index (κ2) is 6.30. The summed E-state index contributed by atoms with van der Waals surface area (Å²) in [4.78, 5) is 16.4. The van der Waals surface area contributed by atoms with Crippen molar-refractivity contribution in [2.45, 2.75) is 35.8 Å². The molecule has 2 fully saturated rings. The summed E-state index contributed by atoms with van der Waals surface area (Å²) in [6.45, 7) is 1.16. The van der Waals surface area contributed by atoms with Gasteiger partial charge in [0.2, 0.25) is 10.0 Å². The van der Waals surface area contributed by atoms with E-state index in [9.17, 15) is 13.2 Å². The van der Waals surface area contributed by atoms with Crippen LogP contribution in [0.25, 0.3) is 0 Å². The molecule has 1 atom stereocenters. The molecule has 2 aliphatic rings. The van der Waals surface area contributed by atoms with Gasteiger partial charge in [0.15, 0.2) is 0 Å². The van der Waals surface area contributed by atoms with Gasteiger partial charge in [-0.2, -0.15) is 4.31 Å². The number of rotatable bonds is 3. The summed E-state index contributed by atoms with van der Waals surface area (Å²) >= 11 is 0. The van der Waals surface area contributed by atoms with Crippen LogP contribution in [0.1, 0.15) is 19.3 Å². The topological polar surface area (TPSA) is 100 Å². The lowest BCUT2D eigenvalue weighted by Crippen LogP contribution is -2.46. The SMILES string of the molecule is CN(C1COC2(CCN(C(=O)O)CC2)C1)S(=O)(=O)c1cccnc1. The third-order valence-corrected chi connectivity index (χ3v) is 6.85. The Morgan fingerprint density at radius 2 is 2.17 bits per heavy atom. The molecule has 1 N–H and O–H groups in total. The predicted octanol–water partition coefficient (Wildman–Crippen LogP) is 1.00. The van der Waals surface area contributed by atoms with Crippen molar-refractivity contribution in [2.75, 3.05) is 26.7 Å². The van der Waals surface area contributed by atoms with E-state index in [1.165, 1.54) is 27.7 Å². The lowest BCUT2D eigenvalue weighted by Gasteiger charge is -2.37. The maximum Gasteiger partial charge on any atom is 0.407 e. The second-order valence-corrected chi connectivity index (χ2v) is 8.33. The van der Waals surface area contributed by atoms with Crippen molar-refractivity contribution in [1.29, 1.82) is 0 Å². The number of aromatic nitrogens is 1. The molecule has 1 aromatic rings. The monoisotopic (exact) mass is 355 g/mol. The van der Waals surface area contributed by atoms with Gasteiger partial charge in [-0.15, -0.1) is 0 Å². The molecule has 132 valence electrons. The van der Waals surface area contributed by atoms with Gasteiger partial charge in [-0.05, 0) is 31.4 Å². The van der Waals surface area contributed by atoms with Crippen LogP contribution in [0.3, 0.4) is 0 Å². The molecule has 0 radical (unpaired) electrons. The number of amides is 1. The Morgan fingerprint density at radius 1 is 1.46 bits per heavy atom. The van der Waals surface area contributed by atoms with Crippen LogP contribution < -0.4 is 0 Å². The van der Waals surface area contributed by atoms with Crippen LogP contribution in [0.5, 0.6) is 0 Å². The summed E-state index contributed by atoms with van der Waals surface area (Å²) in [5.41, 5.74) is -0.421. The standard InChI is InChI=1S/C15H21N3O5S/c1-17(24(21,22)13-3-2-6-16-10-13)12-9-15(23-11-12)4-7-18(8-5-15)14(19)20/h2-3,6,10,12H,4-5,7-9,11H2,1H3,(H,19,20). The molecule has 2 aliphatic heterocycles.